The van der Waals surface area contributed by atoms with E-state index in [0.717, 1.165) is 22.0 Å². The normalized spacial score (nSPS) is 12.2. The van der Waals surface area contributed by atoms with Gasteiger partial charge >= 0.3 is 5.97 Å². The Morgan fingerprint density at radius 1 is 1.08 bits per heavy atom. The first-order valence-electron chi connectivity index (χ1n) is 12.2. The number of aromatic nitrogens is 5. The smallest absolute Gasteiger partial charge is 0.327 e. The summed E-state index contributed by atoms with van der Waals surface area (Å²) in [6.45, 7) is 9.10. The number of pyridine rings is 1. The highest BCUT2D eigenvalue weighted by Crippen LogP contribution is 2.27. The van der Waals surface area contributed by atoms with Crippen LogP contribution >= 0.6 is 0 Å². The fraction of sp³-hybridized carbons (Fsp3) is 0.370. The van der Waals surface area contributed by atoms with Crippen molar-refractivity contribution >= 4 is 16.9 Å². The minimum absolute atomic E-state index is 0.0684. The summed E-state index contributed by atoms with van der Waals surface area (Å²) < 4.78 is 6.58. The molecule has 9 heteroatoms. The number of esters is 1. The molecule has 2 aromatic carbocycles. The molecule has 0 radical (unpaired) electrons. The number of tetrazole rings is 1. The van der Waals surface area contributed by atoms with Crippen molar-refractivity contribution in [3.8, 4) is 0 Å². The summed E-state index contributed by atoms with van der Waals surface area (Å²) in [5, 5.41) is 13.1. The van der Waals surface area contributed by atoms with Crippen LogP contribution in [0, 0.1) is 13.8 Å². The van der Waals surface area contributed by atoms with Gasteiger partial charge in [0.15, 0.2) is 5.82 Å². The van der Waals surface area contributed by atoms with Crippen LogP contribution in [-0.4, -0.2) is 42.7 Å². The number of aryl methyl sites for hydroxylation is 2. The molecule has 36 heavy (non-hydrogen) atoms. The Labute approximate surface area is 210 Å². The van der Waals surface area contributed by atoms with Gasteiger partial charge < -0.3 is 9.72 Å². The topological polar surface area (TPSA) is 106 Å². The molecule has 2 aromatic heterocycles. The molecule has 2 heterocycles. The Morgan fingerprint density at radius 3 is 2.56 bits per heavy atom. The first-order valence-corrected chi connectivity index (χ1v) is 12.2. The summed E-state index contributed by atoms with van der Waals surface area (Å²) in [7, 11) is 0. The van der Waals surface area contributed by atoms with Crippen molar-refractivity contribution in [2.24, 2.45) is 0 Å². The van der Waals surface area contributed by atoms with Gasteiger partial charge in [0.05, 0.1) is 12.6 Å². The molecule has 0 saturated heterocycles. The largest absolute Gasteiger partial charge is 0.465 e. The van der Waals surface area contributed by atoms with Crippen LogP contribution in [0.1, 0.15) is 54.4 Å². The molecule has 0 amide bonds. The molecule has 4 aromatic rings. The zero-order valence-corrected chi connectivity index (χ0v) is 21.2. The van der Waals surface area contributed by atoms with Gasteiger partial charge in [-0.05, 0) is 77.9 Å². The summed E-state index contributed by atoms with van der Waals surface area (Å²) in [5.74, 6) is 0.164. The first-order chi connectivity index (χ1) is 17.4. The van der Waals surface area contributed by atoms with Crippen molar-refractivity contribution in [1.29, 1.82) is 0 Å². The van der Waals surface area contributed by atoms with E-state index in [2.05, 4.69) is 50.5 Å². The molecule has 4 rings (SSSR count). The van der Waals surface area contributed by atoms with E-state index in [-0.39, 0.29) is 24.8 Å². The van der Waals surface area contributed by atoms with E-state index in [1.807, 2.05) is 44.2 Å². The zero-order valence-electron chi connectivity index (χ0n) is 21.2. The van der Waals surface area contributed by atoms with Gasteiger partial charge in [0.25, 0.3) is 5.56 Å². The lowest BCUT2D eigenvalue weighted by atomic mass is 10.0. The molecular weight excluding hydrogens is 456 g/mol. The van der Waals surface area contributed by atoms with E-state index in [0.29, 0.717) is 30.9 Å². The lowest BCUT2D eigenvalue weighted by Gasteiger charge is -2.30. The molecule has 1 N–H and O–H groups in total. The zero-order chi connectivity index (χ0) is 25.7. The van der Waals surface area contributed by atoms with Crippen LogP contribution in [0.15, 0.2) is 53.3 Å². The van der Waals surface area contributed by atoms with Gasteiger partial charge in [-0.2, -0.15) is 0 Å². The number of nitrogens with one attached hydrogen (secondary N) is 1. The van der Waals surface area contributed by atoms with Gasteiger partial charge in [-0.15, -0.1) is 5.10 Å². The number of benzene rings is 2. The average molecular weight is 489 g/mol. The van der Waals surface area contributed by atoms with E-state index in [9.17, 15) is 9.59 Å². The monoisotopic (exact) mass is 488 g/mol. The van der Waals surface area contributed by atoms with E-state index in [1.54, 1.807) is 6.92 Å². The summed E-state index contributed by atoms with van der Waals surface area (Å²) in [6, 6.07) is 15.9. The Bertz CT molecular complexity index is 1400. The van der Waals surface area contributed by atoms with Crippen LogP contribution in [0.3, 0.4) is 0 Å². The summed E-state index contributed by atoms with van der Waals surface area (Å²) in [6.07, 6.45) is 0.680. The van der Waals surface area contributed by atoms with Crippen LogP contribution in [0.2, 0.25) is 0 Å². The third-order valence-electron chi connectivity index (χ3n) is 6.41. The van der Waals surface area contributed by atoms with Gasteiger partial charge in [-0.1, -0.05) is 37.3 Å². The quantitative estimate of drug-likeness (QED) is 0.338. The number of rotatable bonds is 10. The van der Waals surface area contributed by atoms with Gasteiger partial charge in [0.1, 0.15) is 6.54 Å². The number of hydrogen-bond donors (Lipinski definition) is 1. The lowest BCUT2D eigenvalue weighted by Crippen LogP contribution is -2.33. The average Bonchev–Trinajstić information content (AvgIpc) is 3.29. The maximum atomic E-state index is 13.1. The molecule has 0 saturated carbocycles. The number of carbonyl (C=O) groups excluding carboxylic acids is 1. The second kappa shape index (κ2) is 11.3. The Morgan fingerprint density at radius 2 is 1.83 bits per heavy atom. The van der Waals surface area contributed by atoms with E-state index in [1.165, 1.54) is 10.2 Å². The van der Waals surface area contributed by atoms with Crippen molar-refractivity contribution in [3.05, 3.63) is 87.0 Å². The Hall–Kier alpha value is -3.85. The van der Waals surface area contributed by atoms with Crippen LogP contribution in [0.4, 0.5) is 0 Å². The minimum Gasteiger partial charge on any atom is -0.465 e. The number of H-pyrrole nitrogens is 1. The summed E-state index contributed by atoms with van der Waals surface area (Å²) in [5.41, 5.74) is 4.77. The van der Waals surface area contributed by atoms with Crippen molar-refractivity contribution < 1.29 is 9.53 Å². The Kier molecular flexibility index (Phi) is 7.90. The second-order valence-electron chi connectivity index (χ2n) is 8.96. The van der Waals surface area contributed by atoms with Crippen LogP contribution in [-0.2, 0) is 29.2 Å². The van der Waals surface area contributed by atoms with Gasteiger partial charge in [0, 0.05) is 24.2 Å². The maximum absolute atomic E-state index is 13.1. The molecule has 0 fully saturated rings. The van der Waals surface area contributed by atoms with Crippen molar-refractivity contribution in [3.63, 3.8) is 0 Å². The number of carbonyl (C=O) groups is 1. The maximum Gasteiger partial charge on any atom is 0.327 e. The van der Waals surface area contributed by atoms with Crippen LogP contribution in [0.25, 0.3) is 10.9 Å². The van der Waals surface area contributed by atoms with Crippen molar-refractivity contribution in [1.82, 2.24) is 30.1 Å². The van der Waals surface area contributed by atoms with Crippen LogP contribution in [0.5, 0.6) is 0 Å². The molecule has 0 spiro atoms. The highest BCUT2D eigenvalue weighted by molar-refractivity contribution is 5.80. The fourth-order valence-electron chi connectivity index (χ4n) is 4.45. The molecule has 9 nitrogen and oxygen atoms in total. The molecule has 0 aliphatic heterocycles. The SMILES string of the molecule is CCOC(=O)Cn1nnnc1[C@@H](CC)N(Cc1ccccc1)Cc1cc2cc(C)c(C)cc2[nH]c1=O. The third-order valence-corrected chi connectivity index (χ3v) is 6.41. The molecular formula is C27H32N6O3. The highest BCUT2D eigenvalue weighted by Gasteiger charge is 2.27. The predicted octanol–water partition coefficient (Wildman–Crippen LogP) is 3.85. The number of fused-ring (bicyclic) bond motifs is 1. The predicted molar refractivity (Wildman–Crippen MR) is 137 cm³/mol. The second-order valence-corrected chi connectivity index (χ2v) is 8.96. The number of ether oxygens (including phenoxy) is 1. The van der Waals surface area contributed by atoms with E-state index < -0.39 is 5.97 Å². The number of hydrogen-bond acceptors (Lipinski definition) is 7. The molecule has 0 aliphatic carbocycles. The molecule has 0 bridgehead atoms. The van der Waals surface area contributed by atoms with Gasteiger partial charge in [0.2, 0.25) is 0 Å². The molecule has 1 atom stereocenters. The third kappa shape index (κ3) is 5.68. The molecule has 0 unspecified atom stereocenters. The molecule has 188 valence electrons. The van der Waals surface area contributed by atoms with Gasteiger partial charge in [-0.3, -0.25) is 14.5 Å². The summed E-state index contributed by atoms with van der Waals surface area (Å²) in [4.78, 5) is 30.5. The number of nitrogens with zero attached hydrogens (tertiary/aromatic N) is 5. The van der Waals surface area contributed by atoms with Gasteiger partial charge in [-0.25, -0.2) is 4.68 Å². The highest BCUT2D eigenvalue weighted by atomic mass is 16.5. The van der Waals surface area contributed by atoms with E-state index in [4.69, 9.17) is 4.74 Å². The molecule has 0 aliphatic rings. The van der Waals surface area contributed by atoms with E-state index >= 15 is 0 Å². The number of aromatic amines is 1. The summed E-state index contributed by atoms with van der Waals surface area (Å²) >= 11 is 0. The lowest BCUT2D eigenvalue weighted by molar-refractivity contribution is -0.144. The van der Waals surface area contributed by atoms with Crippen molar-refractivity contribution in [2.45, 2.75) is 59.8 Å². The van der Waals surface area contributed by atoms with Crippen molar-refractivity contribution in [2.75, 3.05) is 6.61 Å². The Balaban J connectivity index is 1.72. The fourth-order valence-corrected chi connectivity index (χ4v) is 4.45. The standard InChI is InChI=1S/C27H32N6O3/c1-5-24(26-29-30-31-33(26)17-25(34)36-6-2)32(15-20-10-8-7-9-11-20)16-22-14-21-12-18(3)19(4)13-23(21)28-27(22)35/h7-14,24H,5-6,15-17H2,1-4H3,(H,28,35)/t24-/m1/s1. The first kappa shape index (κ1) is 25.2. The minimum atomic E-state index is -0.396. The van der Waals surface area contributed by atoms with Crippen LogP contribution < -0.4 is 5.56 Å².